The van der Waals surface area contributed by atoms with Crippen LogP contribution in [0.25, 0.3) is 11.1 Å². The van der Waals surface area contributed by atoms with Crippen LogP contribution in [0.15, 0.2) is 71.7 Å². The Balaban J connectivity index is 1.81. The average Bonchev–Trinajstić information content (AvgIpc) is 2.97. The van der Waals surface area contributed by atoms with Crippen molar-refractivity contribution in [1.29, 1.82) is 0 Å². The fourth-order valence-corrected chi connectivity index (χ4v) is 3.30. The van der Waals surface area contributed by atoms with Gasteiger partial charge in [0, 0.05) is 20.3 Å². The summed E-state index contributed by atoms with van der Waals surface area (Å²) in [6.07, 6.45) is 2.95. The van der Waals surface area contributed by atoms with Crippen molar-refractivity contribution in [3.63, 3.8) is 0 Å². The molecule has 3 aromatic rings. The highest BCUT2D eigenvalue weighted by atomic mass is 15.1. The molecule has 24 heavy (non-hydrogen) atoms. The lowest BCUT2D eigenvalue weighted by atomic mass is 10.0. The maximum Gasteiger partial charge on any atom is 0.0869 e. The largest absolute Gasteiger partial charge is 0.376 e. The van der Waals surface area contributed by atoms with Gasteiger partial charge in [-0.25, -0.2) is 0 Å². The second-order valence-electron chi connectivity index (χ2n) is 6.40. The van der Waals surface area contributed by atoms with E-state index in [4.69, 9.17) is 4.99 Å². The standard InChI is InChI=1S/C22H20N2/c1-24(2)22-13-18-12-17-10-6-7-11-19(17)20(18)14-21(22)23-15-16-8-4-3-5-9-16/h3-11,13-15H,12H2,1-2H3. The Bertz CT molecular complexity index is 909. The second-order valence-corrected chi connectivity index (χ2v) is 6.40. The minimum Gasteiger partial charge on any atom is -0.376 e. The van der Waals surface area contributed by atoms with Gasteiger partial charge >= 0.3 is 0 Å². The van der Waals surface area contributed by atoms with Gasteiger partial charge in [0.15, 0.2) is 0 Å². The quantitative estimate of drug-likeness (QED) is 0.482. The van der Waals surface area contributed by atoms with E-state index in [0.29, 0.717) is 0 Å². The molecule has 1 aliphatic carbocycles. The molecule has 0 atom stereocenters. The summed E-state index contributed by atoms with van der Waals surface area (Å²) in [5.41, 5.74) is 8.74. The predicted octanol–water partition coefficient (Wildman–Crippen LogP) is 5.07. The second kappa shape index (κ2) is 5.97. The molecular weight excluding hydrogens is 292 g/mol. The van der Waals surface area contributed by atoms with Crippen molar-refractivity contribution in [3.8, 4) is 11.1 Å². The van der Waals surface area contributed by atoms with E-state index >= 15 is 0 Å². The molecule has 0 unspecified atom stereocenters. The molecule has 0 saturated heterocycles. The number of hydrogen-bond acceptors (Lipinski definition) is 2. The molecule has 0 aliphatic heterocycles. The zero-order chi connectivity index (χ0) is 16.5. The highest BCUT2D eigenvalue weighted by molar-refractivity contribution is 5.88. The van der Waals surface area contributed by atoms with E-state index in [1.807, 2.05) is 24.4 Å². The average molecular weight is 312 g/mol. The minimum absolute atomic E-state index is 1.01. The van der Waals surface area contributed by atoms with Crippen LogP contribution in [0.1, 0.15) is 16.7 Å². The summed E-state index contributed by atoms with van der Waals surface area (Å²) in [6, 6.07) is 23.4. The van der Waals surface area contributed by atoms with Crippen molar-refractivity contribution in [2.45, 2.75) is 6.42 Å². The lowest BCUT2D eigenvalue weighted by Crippen LogP contribution is -2.09. The van der Waals surface area contributed by atoms with E-state index in [0.717, 1.165) is 23.4 Å². The number of hydrogen-bond donors (Lipinski definition) is 0. The topological polar surface area (TPSA) is 15.6 Å². The molecule has 0 aromatic heterocycles. The smallest absolute Gasteiger partial charge is 0.0869 e. The summed E-state index contributed by atoms with van der Waals surface area (Å²) >= 11 is 0. The molecule has 0 amide bonds. The molecule has 0 heterocycles. The van der Waals surface area contributed by atoms with Crippen LogP contribution < -0.4 is 4.90 Å². The van der Waals surface area contributed by atoms with Gasteiger partial charge < -0.3 is 4.90 Å². The van der Waals surface area contributed by atoms with Gasteiger partial charge in [0.2, 0.25) is 0 Å². The summed E-state index contributed by atoms with van der Waals surface area (Å²) in [4.78, 5) is 6.92. The lowest BCUT2D eigenvalue weighted by Gasteiger charge is -2.17. The third-order valence-corrected chi connectivity index (χ3v) is 4.52. The third-order valence-electron chi connectivity index (χ3n) is 4.52. The summed E-state index contributed by atoms with van der Waals surface area (Å²) in [5, 5.41) is 0. The molecule has 1 aliphatic rings. The van der Waals surface area contributed by atoms with Gasteiger partial charge in [-0.2, -0.15) is 0 Å². The van der Waals surface area contributed by atoms with Crippen molar-refractivity contribution in [3.05, 3.63) is 83.4 Å². The molecule has 2 heteroatoms. The van der Waals surface area contributed by atoms with Crippen LogP contribution in [0.2, 0.25) is 0 Å². The van der Waals surface area contributed by atoms with Crippen molar-refractivity contribution >= 4 is 17.6 Å². The van der Waals surface area contributed by atoms with E-state index in [1.54, 1.807) is 0 Å². The van der Waals surface area contributed by atoms with Crippen molar-refractivity contribution in [2.24, 2.45) is 4.99 Å². The van der Waals surface area contributed by atoms with Crippen LogP contribution >= 0.6 is 0 Å². The molecule has 0 radical (unpaired) electrons. The highest BCUT2D eigenvalue weighted by Gasteiger charge is 2.20. The SMILES string of the molecule is CN(C)c1cc2c(cc1N=Cc1ccccc1)-c1ccccc1C2. The molecule has 0 saturated carbocycles. The van der Waals surface area contributed by atoms with E-state index in [1.165, 1.54) is 22.3 Å². The Morgan fingerprint density at radius 2 is 1.58 bits per heavy atom. The Labute approximate surface area is 143 Å². The lowest BCUT2D eigenvalue weighted by molar-refractivity contribution is 1.12. The Morgan fingerprint density at radius 1 is 0.833 bits per heavy atom. The number of benzene rings is 3. The van der Waals surface area contributed by atoms with Crippen LogP contribution in [-0.2, 0) is 6.42 Å². The zero-order valence-corrected chi connectivity index (χ0v) is 14.0. The predicted molar refractivity (Wildman–Crippen MR) is 103 cm³/mol. The van der Waals surface area contributed by atoms with Gasteiger partial charge in [0.25, 0.3) is 0 Å². The molecule has 4 rings (SSSR count). The summed E-state index contributed by atoms with van der Waals surface area (Å²) < 4.78 is 0. The molecule has 2 nitrogen and oxygen atoms in total. The van der Waals surface area contributed by atoms with Crippen LogP contribution in [0.3, 0.4) is 0 Å². The summed E-state index contributed by atoms with van der Waals surface area (Å²) in [6.45, 7) is 0. The van der Waals surface area contributed by atoms with Gasteiger partial charge in [-0.3, -0.25) is 4.99 Å². The fraction of sp³-hybridized carbons (Fsp3) is 0.136. The number of fused-ring (bicyclic) bond motifs is 3. The zero-order valence-electron chi connectivity index (χ0n) is 14.0. The van der Waals surface area contributed by atoms with Crippen LogP contribution in [-0.4, -0.2) is 20.3 Å². The molecule has 3 aromatic carbocycles. The molecule has 0 fully saturated rings. The normalized spacial score (nSPS) is 12.2. The summed E-state index contributed by atoms with van der Waals surface area (Å²) in [5.74, 6) is 0. The van der Waals surface area contributed by atoms with Crippen molar-refractivity contribution < 1.29 is 0 Å². The van der Waals surface area contributed by atoms with Crippen LogP contribution in [0.4, 0.5) is 11.4 Å². The van der Waals surface area contributed by atoms with Crippen molar-refractivity contribution in [1.82, 2.24) is 0 Å². The molecule has 0 bridgehead atoms. The molecule has 118 valence electrons. The molecule has 0 N–H and O–H groups in total. The van der Waals surface area contributed by atoms with Crippen LogP contribution in [0.5, 0.6) is 0 Å². The first kappa shape index (κ1) is 14.7. The fourth-order valence-electron chi connectivity index (χ4n) is 3.30. The Hall–Kier alpha value is -2.87. The maximum absolute atomic E-state index is 4.78. The summed E-state index contributed by atoms with van der Waals surface area (Å²) in [7, 11) is 4.15. The number of anilines is 1. The third kappa shape index (κ3) is 2.61. The van der Waals surface area contributed by atoms with Gasteiger partial charge in [0.1, 0.15) is 0 Å². The van der Waals surface area contributed by atoms with E-state index in [9.17, 15) is 0 Å². The molecule has 0 spiro atoms. The Kier molecular flexibility index (Phi) is 3.66. The number of nitrogens with zero attached hydrogens (tertiary/aromatic N) is 2. The first-order chi connectivity index (χ1) is 11.7. The van der Waals surface area contributed by atoms with Gasteiger partial charge in [0.05, 0.1) is 11.4 Å². The minimum atomic E-state index is 1.01. The number of rotatable bonds is 3. The Morgan fingerprint density at radius 3 is 2.38 bits per heavy atom. The number of aliphatic imine (C=N–C) groups is 1. The van der Waals surface area contributed by atoms with Gasteiger partial charge in [-0.05, 0) is 46.4 Å². The maximum atomic E-state index is 4.78. The monoisotopic (exact) mass is 312 g/mol. The first-order valence-electron chi connectivity index (χ1n) is 8.24. The van der Waals surface area contributed by atoms with E-state index in [2.05, 4.69) is 67.5 Å². The van der Waals surface area contributed by atoms with Gasteiger partial charge in [-0.1, -0.05) is 54.6 Å². The van der Waals surface area contributed by atoms with E-state index < -0.39 is 0 Å². The van der Waals surface area contributed by atoms with Crippen LogP contribution in [0, 0.1) is 0 Å². The highest BCUT2D eigenvalue weighted by Crippen LogP contribution is 2.42. The van der Waals surface area contributed by atoms with Gasteiger partial charge in [-0.15, -0.1) is 0 Å². The first-order valence-corrected chi connectivity index (χ1v) is 8.24. The molecular formula is C22H20N2. The van der Waals surface area contributed by atoms with E-state index in [-0.39, 0.29) is 0 Å². The van der Waals surface area contributed by atoms with Crippen molar-refractivity contribution in [2.75, 3.05) is 19.0 Å².